The molecule has 0 saturated carbocycles. The van der Waals surface area contributed by atoms with Crippen molar-refractivity contribution in [3.8, 4) is 0 Å². The van der Waals surface area contributed by atoms with Gasteiger partial charge in [-0.15, -0.1) is 6.42 Å². The second-order valence-electron chi connectivity index (χ2n) is 3.20. The molecule has 0 aromatic rings. The van der Waals surface area contributed by atoms with E-state index in [-0.39, 0.29) is 26.7 Å². The maximum Gasteiger partial charge on any atom is 0.0418 e. The smallest absolute Gasteiger partial charge is 0.0418 e. The van der Waals surface area contributed by atoms with Gasteiger partial charge in [0.05, 0.1) is 0 Å². The fraction of sp³-hybridized carbons (Fsp3) is 0.667. The summed E-state index contributed by atoms with van der Waals surface area (Å²) < 4.78 is 5.67. The molecule has 2 rings (SSSR count). The monoisotopic (exact) mass is 235 g/mol. The second-order valence-corrected chi connectivity index (χ2v) is 3.20. The van der Waals surface area contributed by atoms with Gasteiger partial charge in [0.2, 0.25) is 0 Å². The predicted octanol–water partition coefficient (Wildman–Crippen LogP) is 2.09. The van der Waals surface area contributed by atoms with Crippen molar-refractivity contribution in [2.75, 3.05) is 6.61 Å². The molecule has 0 amide bonds. The standard InChI is InChI=1S/C9H13O.Mo/c1-2-5-9(6-3-1)7-4-8-10-9;/h1-2,4H,3,5-8H2;/q-1;. The van der Waals surface area contributed by atoms with Crippen molar-refractivity contribution in [3.63, 3.8) is 0 Å². The summed E-state index contributed by atoms with van der Waals surface area (Å²) in [5.74, 6) is 0. The van der Waals surface area contributed by atoms with E-state index in [0.29, 0.717) is 0 Å². The molecule has 1 fully saturated rings. The molecule has 1 aliphatic carbocycles. The van der Waals surface area contributed by atoms with Gasteiger partial charge in [0.25, 0.3) is 0 Å². The molecule has 0 radical (unpaired) electrons. The van der Waals surface area contributed by atoms with Crippen LogP contribution in [-0.4, -0.2) is 12.2 Å². The van der Waals surface area contributed by atoms with Crippen LogP contribution in [0.15, 0.2) is 12.2 Å². The van der Waals surface area contributed by atoms with E-state index in [4.69, 9.17) is 4.74 Å². The van der Waals surface area contributed by atoms with Gasteiger partial charge in [-0.3, -0.25) is 0 Å². The molecule has 1 nitrogen and oxygen atoms in total. The van der Waals surface area contributed by atoms with Crippen LogP contribution in [0, 0.1) is 6.42 Å². The number of hydrogen-bond acceptors (Lipinski definition) is 1. The zero-order valence-electron chi connectivity index (χ0n) is 6.58. The van der Waals surface area contributed by atoms with Gasteiger partial charge in [0, 0.05) is 26.7 Å². The first-order valence-electron chi connectivity index (χ1n) is 4.02. The summed E-state index contributed by atoms with van der Waals surface area (Å²) >= 11 is 0. The Morgan fingerprint density at radius 3 is 2.82 bits per heavy atom. The van der Waals surface area contributed by atoms with Gasteiger partial charge >= 0.3 is 0 Å². The Kier molecular flexibility index (Phi) is 3.33. The largest absolute Gasteiger partial charge is 0.409 e. The zero-order valence-corrected chi connectivity index (χ0v) is 8.59. The van der Waals surface area contributed by atoms with E-state index in [9.17, 15) is 0 Å². The third-order valence-corrected chi connectivity index (χ3v) is 2.45. The molecule has 1 saturated heterocycles. The molecule has 0 bridgehead atoms. The molecule has 1 atom stereocenters. The molecular weight excluding hydrogens is 220 g/mol. The third-order valence-electron chi connectivity index (χ3n) is 2.45. The quantitative estimate of drug-likeness (QED) is 0.353. The zero-order chi connectivity index (χ0) is 6.86. The second kappa shape index (κ2) is 3.87. The fourth-order valence-electron chi connectivity index (χ4n) is 1.80. The third kappa shape index (κ3) is 1.94. The molecule has 1 spiro atoms. The van der Waals surface area contributed by atoms with E-state index in [2.05, 4.69) is 18.6 Å². The van der Waals surface area contributed by atoms with Crippen molar-refractivity contribution < 1.29 is 25.8 Å². The Balaban J connectivity index is 0.000000605. The van der Waals surface area contributed by atoms with Crippen molar-refractivity contribution in [2.24, 2.45) is 0 Å². The van der Waals surface area contributed by atoms with E-state index in [1.54, 1.807) is 0 Å². The summed E-state index contributed by atoms with van der Waals surface area (Å²) in [5, 5.41) is 0. The van der Waals surface area contributed by atoms with E-state index < -0.39 is 0 Å². The Labute approximate surface area is 82.5 Å². The average molecular weight is 233 g/mol. The molecule has 1 aliphatic heterocycles. The molecular formula is C9H13MoO-. The summed E-state index contributed by atoms with van der Waals surface area (Å²) in [4.78, 5) is 0. The van der Waals surface area contributed by atoms with E-state index >= 15 is 0 Å². The molecule has 1 unspecified atom stereocenters. The minimum atomic E-state index is 0. The molecule has 2 aliphatic rings. The van der Waals surface area contributed by atoms with Crippen molar-refractivity contribution in [3.05, 3.63) is 18.6 Å². The molecule has 62 valence electrons. The first-order valence-corrected chi connectivity index (χ1v) is 4.02. The van der Waals surface area contributed by atoms with Crippen LogP contribution in [0.3, 0.4) is 0 Å². The Hall–Kier alpha value is 0.388. The summed E-state index contributed by atoms with van der Waals surface area (Å²) in [6, 6.07) is 0. The molecule has 2 heteroatoms. The Morgan fingerprint density at radius 1 is 1.36 bits per heavy atom. The van der Waals surface area contributed by atoms with Crippen LogP contribution in [0.25, 0.3) is 0 Å². The number of allylic oxidation sites excluding steroid dienone is 1. The van der Waals surface area contributed by atoms with Crippen molar-refractivity contribution in [1.82, 2.24) is 0 Å². The van der Waals surface area contributed by atoms with Crippen LogP contribution >= 0.6 is 0 Å². The maximum atomic E-state index is 5.67. The van der Waals surface area contributed by atoms with Crippen molar-refractivity contribution >= 4 is 0 Å². The van der Waals surface area contributed by atoms with E-state index in [1.807, 2.05) is 0 Å². The summed E-state index contributed by atoms with van der Waals surface area (Å²) in [6.45, 7) is 0.869. The number of hydrogen-bond donors (Lipinski definition) is 0. The van der Waals surface area contributed by atoms with Crippen LogP contribution in [-0.2, 0) is 25.8 Å². The minimum Gasteiger partial charge on any atom is -0.409 e. The molecule has 0 aromatic carbocycles. The van der Waals surface area contributed by atoms with Gasteiger partial charge in [-0.1, -0.05) is 18.8 Å². The van der Waals surface area contributed by atoms with Crippen LogP contribution in [0.2, 0.25) is 0 Å². The van der Waals surface area contributed by atoms with Gasteiger partial charge in [-0.25, -0.2) is 0 Å². The molecule has 11 heavy (non-hydrogen) atoms. The summed E-state index contributed by atoms with van der Waals surface area (Å²) in [5.41, 5.74) is 0.231. The van der Waals surface area contributed by atoms with Gasteiger partial charge in [-0.2, -0.15) is 0 Å². The van der Waals surface area contributed by atoms with Gasteiger partial charge in [0.1, 0.15) is 0 Å². The normalized spacial score (nSPS) is 35.6. The van der Waals surface area contributed by atoms with E-state index in [0.717, 1.165) is 19.4 Å². The first-order chi connectivity index (χ1) is 4.91. The van der Waals surface area contributed by atoms with Crippen molar-refractivity contribution in [2.45, 2.75) is 31.3 Å². The van der Waals surface area contributed by atoms with Gasteiger partial charge < -0.3 is 11.2 Å². The van der Waals surface area contributed by atoms with Crippen LogP contribution in [0.5, 0.6) is 0 Å². The molecule has 0 aromatic heterocycles. The summed E-state index contributed by atoms with van der Waals surface area (Å²) in [7, 11) is 0. The number of ether oxygens (including phenoxy) is 1. The summed E-state index contributed by atoms with van der Waals surface area (Å²) in [6.07, 6.45) is 11.5. The van der Waals surface area contributed by atoms with Gasteiger partial charge in [0.15, 0.2) is 0 Å². The Bertz CT molecular complexity index is 148. The van der Waals surface area contributed by atoms with Crippen molar-refractivity contribution in [1.29, 1.82) is 0 Å². The predicted molar refractivity (Wildman–Crippen MR) is 40.6 cm³/mol. The Morgan fingerprint density at radius 2 is 2.27 bits per heavy atom. The molecule has 1 heterocycles. The van der Waals surface area contributed by atoms with Crippen LogP contribution < -0.4 is 0 Å². The number of rotatable bonds is 0. The fourth-order valence-corrected chi connectivity index (χ4v) is 1.80. The SMILES string of the molecule is C1=CCC2(C[CH-]CO2)CC1.[Mo]. The van der Waals surface area contributed by atoms with E-state index in [1.165, 1.54) is 12.8 Å². The topological polar surface area (TPSA) is 9.23 Å². The van der Waals surface area contributed by atoms with Crippen LogP contribution in [0.4, 0.5) is 0 Å². The first kappa shape index (κ1) is 9.48. The maximum absolute atomic E-state index is 5.67. The van der Waals surface area contributed by atoms with Gasteiger partial charge in [-0.05, 0) is 19.3 Å². The minimum absolute atomic E-state index is 0. The average Bonchev–Trinajstić information content (AvgIpc) is 2.39. The van der Waals surface area contributed by atoms with Crippen LogP contribution in [0.1, 0.15) is 25.7 Å². The molecule has 0 N–H and O–H groups in total.